The number of carboxylic acid groups (broad SMARTS) is 1. The van der Waals surface area contributed by atoms with E-state index in [4.69, 9.17) is 5.11 Å². The minimum Gasteiger partial charge on any atom is -0.464 e. The summed E-state index contributed by atoms with van der Waals surface area (Å²) in [6, 6.07) is 0. The van der Waals surface area contributed by atoms with Crippen LogP contribution in [0.1, 0.15) is 0 Å². The van der Waals surface area contributed by atoms with Gasteiger partial charge in [0.05, 0.1) is 14.2 Å². The molecule has 0 aromatic heterocycles. The van der Waals surface area contributed by atoms with E-state index < -0.39 is 12.1 Å². The van der Waals surface area contributed by atoms with Gasteiger partial charge in [-0.1, -0.05) is 6.58 Å². The molecule has 0 aliphatic carbocycles. The van der Waals surface area contributed by atoms with Gasteiger partial charge in [0.25, 0.3) is 0 Å². The maximum absolute atomic E-state index is 9.95. The van der Waals surface area contributed by atoms with Crippen LogP contribution in [0.15, 0.2) is 12.7 Å². The molecule has 0 saturated carbocycles. The highest BCUT2D eigenvalue weighted by Gasteiger charge is 1.88. The summed E-state index contributed by atoms with van der Waals surface area (Å²) >= 11 is 0. The van der Waals surface area contributed by atoms with Gasteiger partial charge in [-0.2, -0.15) is 4.89 Å². The molecule has 7 nitrogen and oxygen atoms in total. The Bertz CT molecular complexity index is 169. The number of hydroxylamine groups is 1. The third-order valence-electron chi connectivity index (χ3n) is 0.522. The second-order valence-corrected chi connectivity index (χ2v) is 1.38. The molecule has 0 spiro atoms. The third kappa shape index (κ3) is 17.9. The summed E-state index contributed by atoms with van der Waals surface area (Å²) in [6.45, 7) is 3.12. The fraction of sp³-hybridized carbons (Fsp3) is 0.333. The summed E-state index contributed by atoms with van der Waals surface area (Å²) in [5, 5.41) is 7.68. The van der Waals surface area contributed by atoms with E-state index in [1.165, 1.54) is 14.2 Å². The first-order valence-electron chi connectivity index (χ1n) is 2.97. The average Bonchev–Trinajstić information content (AvgIpc) is 2.05. The number of hydrogen-bond donors (Lipinski definition) is 2. The summed E-state index contributed by atoms with van der Waals surface area (Å²) in [6.07, 6.45) is -0.166. The molecular weight excluding hydrogens is 182 g/mol. The van der Waals surface area contributed by atoms with Gasteiger partial charge in [-0.25, -0.2) is 15.1 Å². The minimum atomic E-state index is -1.18. The van der Waals surface area contributed by atoms with E-state index in [0.717, 1.165) is 6.08 Å². The topological polar surface area (TPSA) is 94.1 Å². The quantitative estimate of drug-likeness (QED) is 0.375. The lowest BCUT2D eigenvalue weighted by Crippen LogP contribution is -2.18. The highest BCUT2D eigenvalue weighted by atomic mass is 17.2. The van der Waals surface area contributed by atoms with Crippen LogP contribution in [0.25, 0.3) is 0 Å². The number of carbonyl (C=O) groups is 2. The smallest absolute Gasteiger partial charge is 0.428 e. The summed E-state index contributed by atoms with van der Waals surface area (Å²) in [7, 11) is 2.48. The molecule has 0 aliphatic rings. The van der Waals surface area contributed by atoms with Crippen molar-refractivity contribution in [1.82, 2.24) is 5.48 Å². The highest BCUT2D eigenvalue weighted by molar-refractivity contribution is 5.80. The Morgan fingerprint density at radius 3 is 2.08 bits per heavy atom. The predicted octanol–water partition coefficient (Wildman–Crippen LogP) is 0.0924. The zero-order chi connectivity index (χ0) is 10.7. The van der Waals surface area contributed by atoms with Crippen LogP contribution in [-0.4, -0.2) is 31.4 Å². The van der Waals surface area contributed by atoms with Crippen molar-refractivity contribution in [3.63, 3.8) is 0 Å². The van der Waals surface area contributed by atoms with Gasteiger partial charge in [-0.3, -0.25) is 9.73 Å². The first-order chi connectivity index (χ1) is 6.08. The van der Waals surface area contributed by atoms with Gasteiger partial charge in [-0.05, 0) is 0 Å². The van der Waals surface area contributed by atoms with Crippen molar-refractivity contribution >= 4 is 12.1 Å². The van der Waals surface area contributed by atoms with Crippen molar-refractivity contribution in [3.8, 4) is 0 Å². The Balaban J connectivity index is 0. The molecule has 1 amide bonds. The SMILES string of the molecule is C=CC(=O)OOC.CONC(=O)O. The molecule has 13 heavy (non-hydrogen) atoms. The Hall–Kier alpha value is -1.60. The fourth-order valence-corrected chi connectivity index (χ4v) is 0.203. The molecule has 7 heteroatoms. The summed E-state index contributed by atoms with van der Waals surface area (Å²) in [5.41, 5.74) is 1.62. The summed E-state index contributed by atoms with van der Waals surface area (Å²) in [5.74, 6) is -0.581. The van der Waals surface area contributed by atoms with Crippen molar-refractivity contribution in [2.75, 3.05) is 14.2 Å². The Morgan fingerprint density at radius 2 is 2.00 bits per heavy atom. The first kappa shape index (κ1) is 14.0. The van der Waals surface area contributed by atoms with Gasteiger partial charge in [0.15, 0.2) is 0 Å². The fourth-order valence-electron chi connectivity index (χ4n) is 0.203. The zero-order valence-electron chi connectivity index (χ0n) is 7.27. The molecule has 0 atom stereocenters. The van der Waals surface area contributed by atoms with Crippen LogP contribution < -0.4 is 5.48 Å². The maximum atomic E-state index is 9.95. The van der Waals surface area contributed by atoms with Crippen LogP contribution in [0.3, 0.4) is 0 Å². The van der Waals surface area contributed by atoms with Gasteiger partial charge in [-0.15, -0.1) is 0 Å². The predicted molar refractivity (Wildman–Crippen MR) is 41.5 cm³/mol. The standard InChI is InChI=1S/C4H6O3.C2H5NO3/c1-3-4(5)7-6-2;1-6-3-2(4)5/h3H,1H2,2H3;3H,1H3,(H,4,5). The van der Waals surface area contributed by atoms with Crippen LogP contribution >= 0.6 is 0 Å². The third-order valence-corrected chi connectivity index (χ3v) is 0.522. The molecule has 2 N–H and O–H groups in total. The van der Waals surface area contributed by atoms with E-state index in [0.29, 0.717) is 0 Å². The normalized spacial score (nSPS) is 7.54. The van der Waals surface area contributed by atoms with E-state index >= 15 is 0 Å². The molecule has 0 aromatic rings. The minimum absolute atomic E-state index is 0.581. The Labute approximate surface area is 74.8 Å². The van der Waals surface area contributed by atoms with Gasteiger partial charge in [0.2, 0.25) is 0 Å². The molecule has 0 heterocycles. The Kier molecular flexibility index (Phi) is 11.2. The van der Waals surface area contributed by atoms with Gasteiger partial charge in [0.1, 0.15) is 0 Å². The molecule has 0 bridgehead atoms. The second-order valence-electron chi connectivity index (χ2n) is 1.38. The molecule has 0 radical (unpaired) electrons. The van der Waals surface area contributed by atoms with Crippen molar-refractivity contribution in [2.24, 2.45) is 0 Å². The van der Waals surface area contributed by atoms with Crippen molar-refractivity contribution in [3.05, 3.63) is 12.7 Å². The van der Waals surface area contributed by atoms with Crippen LogP contribution in [0, 0.1) is 0 Å². The molecule has 0 aromatic carbocycles. The number of rotatable bonds is 3. The molecular formula is C6H11NO6. The molecule has 0 fully saturated rings. The number of carbonyl (C=O) groups excluding carboxylic acids is 1. The average molecular weight is 193 g/mol. The summed E-state index contributed by atoms with van der Waals surface area (Å²) < 4.78 is 0. The molecule has 76 valence electrons. The van der Waals surface area contributed by atoms with Gasteiger partial charge < -0.3 is 5.11 Å². The molecule has 0 aliphatic heterocycles. The van der Waals surface area contributed by atoms with E-state index in [1.54, 1.807) is 5.48 Å². The lowest BCUT2D eigenvalue weighted by molar-refractivity contribution is -0.249. The van der Waals surface area contributed by atoms with Gasteiger partial charge >= 0.3 is 12.1 Å². The Morgan fingerprint density at radius 1 is 1.46 bits per heavy atom. The van der Waals surface area contributed by atoms with E-state index in [1.807, 2.05) is 0 Å². The molecule has 0 saturated heterocycles. The van der Waals surface area contributed by atoms with Crippen molar-refractivity contribution < 1.29 is 29.3 Å². The number of nitrogens with one attached hydrogen (secondary N) is 1. The monoisotopic (exact) mass is 193 g/mol. The van der Waals surface area contributed by atoms with E-state index in [9.17, 15) is 9.59 Å². The number of amides is 1. The van der Waals surface area contributed by atoms with Crippen molar-refractivity contribution in [1.29, 1.82) is 0 Å². The van der Waals surface area contributed by atoms with Crippen molar-refractivity contribution in [2.45, 2.75) is 0 Å². The highest BCUT2D eigenvalue weighted by Crippen LogP contribution is 1.74. The van der Waals surface area contributed by atoms with Crippen LogP contribution in [0.5, 0.6) is 0 Å². The van der Waals surface area contributed by atoms with E-state index in [2.05, 4.69) is 21.2 Å². The lowest BCUT2D eigenvalue weighted by atomic mass is 10.7. The second kappa shape index (κ2) is 10.4. The van der Waals surface area contributed by atoms with Crippen LogP contribution in [0.4, 0.5) is 4.79 Å². The molecule has 0 rings (SSSR count). The number of hydrogen-bond acceptors (Lipinski definition) is 5. The maximum Gasteiger partial charge on any atom is 0.428 e. The zero-order valence-corrected chi connectivity index (χ0v) is 7.27. The summed E-state index contributed by atoms with van der Waals surface area (Å²) in [4.78, 5) is 31.2. The van der Waals surface area contributed by atoms with Crippen LogP contribution in [0.2, 0.25) is 0 Å². The first-order valence-corrected chi connectivity index (χ1v) is 2.97. The van der Waals surface area contributed by atoms with E-state index in [-0.39, 0.29) is 0 Å². The van der Waals surface area contributed by atoms with Crippen LogP contribution in [-0.2, 0) is 19.4 Å². The largest absolute Gasteiger partial charge is 0.464 e. The molecule has 0 unspecified atom stereocenters. The lowest BCUT2D eigenvalue weighted by Gasteiger charge is -1.88. The van der Waals surface area contributed by atoms with Gasteiger partial charge in [0, 0.05) is 6.08 Å².